The van der Waals surface area contributed by atoms with Crippen molar-refractivity contribution < 1.29 is 9.13 Å². The number of nitrogens with one attached hydrogen (secondary N) is 1. The Bertz CT molecular complexity index is 319. The predicted molar refractivity (Wildman–Crippen MR) is 66.5 cm³/mol. The Morgan fingerprint density at radius 3 is 2.59 bits per heavy atom. The fraction of sp³-hybridized carbons (Fsp3) is 0.571. The molecule has 0 aliphatic carbocycles. The highest BCUT2D eigenvalue weighted by Gasteiger charge is 2.12. The fourth-order valence-corrected chi connectivity index (χ4v) is 2.14. The molecular weight excluding hydrogens is 217 g/mol. The molecule has 2 nitrogen and oxygen atoms in total. The maximum atomic E-state index is 12.7. The van der Waals surface area contributed by atoms with E-state index in [1.165, 1.54) is 30.5 Å². The molecule has 3 heteroatoms. The molecule has 94 valence electrons. The number of hydrogen-bond acceptors (Lipinski definition) is 2. The average Bonchev–Trinajstić information content (AvgIpc) is 2.38. The lowest BCUT2D eigenvalue weighted by Gasteiger charge is -2.22. The lowest BCUT2D eigenvalue weighted by atomic mass is 10.0. The Labute approximate surface area is 102 Å². The Morgan fingerprint density at radius 2 is 1.88 bits per heavy atom. The van der Waals surface area contributed by atoms with Crippen molar-refractivity contribution in [3.05, 3.63) is 35.6 Å². The van der Waals surface area contributed by atoms with E-state index in [9.17, 15) is 4.39 Å². The first-order chi connectivity index (χ1) is 8.34. The molecule has 1 fully saturated rings. The van der Waals surface area contributed by atoms with Gasteiger partial charge in [0.25, 0.3) is 0 Å². The third kappa shape index (κ3) is 4.44. The van der Waals surface area contributed by atoms with Gasteiger partial charge in [0.05, 0.1) is 0 Å². The van der Waals surface area contributed by atoms with Gasteiger partial charge >= 0.3 is 0 Å². The zero-order valence-electron chi connectivity index (χ0n) is 10.1. The molecule has 0 aromatic heterocycles. The van der Waals surface area contributed by atoms with Crippen LogP contribution in [0.4, 0.5) is 4.39 Å². The highest BCUT2D eigenvalue weighted by atomic mass is 19.1. The summed E-state index contributed by atoms with van der Waals surface area (Å²) in [5.41, 5.74) is 1.19. The summed E-state index contributed by atoms with van der Waals surface area (Å²) in [5, 5.41) is 3.47. The molecule has 0 atom stereocenters. The van der Waals surface area contributed by atoms with Gasteiger partial charge in [-0.25, -0.2) is 4.39 Å². The van der Waals surface area contributed by atoms with Crippen LogP contribution in [-0.4, -0.2) is 26.3 Å². The minimum absolute atomic E-state index is 0.163. The van der Waals surface area contributed by atoms with E-state index in [0.29, 0.717) is 0 Å². The van der Waals surface area contributed by atoms with Crippen LogP contribution in [0.1, 0.15) is 18.4 Å². The summed E-state index contributed by atoms with van der Waals surface area (Å²) in [6.07, 6.45) is 3.30. The van der Waals surface area contributed by atoms with Gasteiger partial charge in [0.2, 0.25) is 0 Å². The smallest absolute Gasteiger partial charge is 0.123 e. The molecule has 17 heavy (non-hydrogen) atoms. The van der Waals surface area contributed by atoms with Crippen LogP contribution >= 0.6 is 0 Å². The summed E-state index contributed by atoms with van der Waals surface area (Å²) in [5.74, 6) is 0.598. The Hall–Kier alpha value is -0.930. The molecule has 0 saturated carbocycles. The van der Waals surface area contributed by atoms with Gasteiger partial charge in [0.15, 0.2) is 0 Å². The molecule has 1 aromatic rings. The lowest BCUT2D eigenvalue weighted by molar-refractivity contribution is 0.0664. The maximum Gasteiger partial charge on any atom is 0.123 e. The molecule has 1 heterocycles. The van der Waals surface area contributed by atoms with Crippen LogP contribution in [0.15, 0.2) is 24.3 Å². The van der Waals surface area contributed by atoms with E-state index in [1.54, 1.807) is 0 Å². The van der Waals surface area contributed by atoms with Crippen molar-refractivity contribution >= 4 is 0 Å². The first-order valence-corrected chi connectivity index (χ1v) is 6.37. The van der Waals surface area contributed by atoms with Gasteiger partial charge in [0, 0.05) is 13.2 Å². The van der Waals surface area contributed by atoms with Crippen LogP contribution < -0.4 is 5.32 Å². The van der Waals surface area contributed by atoms with Crippen LogP contribution in [0.3, 0.4) is 0 Å². The summed E-state index contributed by atoms with van der Waals surface area (Å²) in [4.78, 5) is 0. The fourth-order valence-electron chi connectivity index (χ4n) is 2.14. The Kier molecular flexibility index (Phi) is 4.95. The number of rotatable bonds is 5. The minimum atomic E-state index is -0.163. The van der Waals surface area contributed by atoms with Crippen molar-refractivity contribution in [2.75, 3.05) is 26.3 Å². The second-order valence-electron chi connectivity index (χ2n) is 4.64. The van der Waals surface area contributed by atoms with Gasteiger partial charge < -0.3 is 10.1 Å². The molecule has 2 rings (SSSR count). The molecule has 1 aliphatic rings. The van der Waals surface area contributed by atoms with E-state index in [4.69, 9.17) is 4.74 Å². The zero-order chi connectivity index (χ0) is 11.9. The van der Waals surface area contributed by atoms with Crippen molar-refractivity contribution in [1.29, 1.82) is 0 Å². The minimum Gasteiger partial charge on any atom is -0.381 e. The lowest BCUT2D eigenvalue weighted by Crippen LogP contribution is -2.29. The number of ether oxygens (including phenoxy) is 1. The first kappa shape index (κ1) is 12.5. The highest BCUT2D eigenvalue weighted by Crippen LogP contribution is 2.13. The molecule has 1 N–H and O–H groups in total. The molecule has 0 spiro atoms. The quantitative estimate of drug-likeness (QED) is 0.794. The van der Waals surface area contributed by atoms with Crippen LogP contribution in [0.25, 0.3) is 0 Å². The molecular formula is C14H20FNO. The molecule has 0 unspecified atom stereocenters. The normalized spacial score (nSPS) is 17.2. The maximum absolute atomic E-state index is 12.7. The van der Waals surface area contributed by atoms with Crippen molar-refractivity contribution in [2.45, 2.75) is 19.3 Å². The molecule has 1 aromatic carbocycles. The molecule has 1 aliphatic heterocycles. The van der Waals surface area contributed by atoms with Gasteiger partial charge in [-0.1, -0.05) is 12.1 Å². The second kappa shape index (κ2) is 6.72. The summed E-state index contributed by atoms with van der Waals surface area (Å²) < 4.78 is 18.0. The van der Waals surface area contributed by atoms with E-state index in [1.807, 2.05) is 12.1 Å². The van der Waals surface area contributed by atoms with Crippen molar-refractivity contribution in [2.24, 2.45) is 5.92 Å². The summed E-state index contributed by atoms with van der Waals surface area (Å²) >= 11 is 0. The third-order valence-electron chi connectivity index (χ3n) is 3.28. The van der Waals surface area contributed by atoms with Crippen molar-refractivity contribution in [3.8, 4) is 0 Å². The SMILES string of the molecule is Fc1ccc(CCNCC2CCOCC2)cc1. The third-order valence-corrected chi connectivity index (χ3v) is 3.28. The van der Waals surface area contributed by atoms with Gasteiger partial charge in [-0.05, 0) is 56.0 Å². The van der Waals surface area contributed by atoms with Crippen LogP contribution in [-0.2, 0) is 11.2 Å². The van der Waals surface area contributed by atoms with Gasteiger partial charge in [-0.3, -0.25) is 0 Å². The van der Waals surface area contributed by atoms with Crippen LogP contribution in [0.5, 0.6) is 0 Å². The molecule has 0 radical (unpaired) electrons. The van der Waals surface area contributed by atoms with E-state index in [0.717, 1.165) is 38.6 Å². The second-order valence-corrected chi connectivity index (χ2v) is 4.64. The van der Waals surface area contributed by atoms with E-state index >= 15 is 0 Å². The first-order valence-electron chi connectivity index (χ1n) is 6.37. The Morgan fingerprint density at radius 1 is 1.18 bits per heavy atom. The average molecular weight is 237 g/mol. The number of halogens is 1. The largest absolute Gasteiger partial charge is 0.381 e. The van der Waals surface area contributed by atoms with Gasteiger partial charge in [-0.2, -0.15) is 0 Å². The van der Waals surface area contributed by atoms with Gasteiger partial charge in [0.1, 0.15) is 5.82 Å². The van der Waals surface area contributed by atoms with E-state index in [2.05, 4.69) is 5.32 Å². The summed E-state index contributed by atoms with van der Waals surface area (Å²) in [7, 11) is 0. The molecule has 0 bridgehead atoms. The van der Waals surface area contributed by atoms with Crippen LogP contribution in [0.2, 0.25) is 0 Å². The zero-order valence-corrected chi connectivity index (χ0v) is 10.1. The monoisotopic (exact) mass is 237 g/mol. The topological polar surface area (TPSA) is 21.3 Å². The van der Waals surface area contributed by atoms with Crippen molar-refractivity contribution in [1.82, 2.24) is 5.32 Å². The number of benzene rings is 1. The van der Waals surface area contributed by atoms with E-state index in [-0.39, 0.29) is 5.82 Å². The Balaban J connectivity index is 1.60. The number of hydrogen-bond donors (Lipinski definition) is 1. The highest BCUT2D eigenvalue weighted by molar-refractivity contribution is 5.16. The standard InChI is InChI=1S/C14H20FNO/c15-14-3-1-12(2-4-14)5-8-16-11-13-6-9-17-10-7-13/h1-4,13,16H,5-11H2. The predicted octanol–water partition coefficient (Wildman–Crippen LogP) is 2.38. The van der Waals surface area contributed by atoms with E-state index < -0.39 is 0 Å². The molecule has 1 saturated heterocycles. The molecule has 0 amide bonds. The van der Waals surface area contributed by atoms with Gasteiger partial charge in [-0.15, -0.1) is 0 Å². The summed E-state index contributed by atoms with van der Waals surface area (Å²) in [6.45, 7) is 3.85. The van der Waals surface area contributed by atoms with Crippen LogP contribution in [0, 0.1) is 11.7 Å². The van der Waals surface area contributed by atoms with Crippen molar-refractivity contribution in [3.63, 3.8) is 0 Å². The summed E-state index contributed by atoms with van der Waals surface area (Å²) in [6, 6.07) is 6.75.